The summed E-state index contributed by atoms with van der Waals surface area (Å²) < 4.78 is 0. The number of nitrogens with one attached hydrogen (secondary N) is 1. The first-order chi connectivity index (χ1) is 10.8. The highest BCUT2D eigenvalue weighted by Crippen LogP contribution is 2.39. The lowest BCUT2D eigenvalue weighted by molar-refractivity contribution is 0.167. The number of piperidine rings is 1. The summed E-state index contributed by atoms with van der Waals surface area (Å²) in [5, 5.41) is 14.4. The van der Waals surface area contributed by atoms with Gasteiger partial charge >= 0.3 is 0 Å². The van der Waals surface area contributed by atoms with E-state index in [9.17, 15) is 0 Å². The largest absolute Gasteiger partial charge is 0.384 e. The number of rotatable bonds is 2. The number of likely N-dealkylation sites (tertiary alicyclic amines) is 1. The van der Waals surface area contributed by atoms with Gasteiger partial charge in [0.25, 0.3) is 0 Å². The van der Waals surface area contributed by atoms with Crippen molar-refractivity contribution in [3.63, 3.8) is 0 Å². The van der Waals surface area contributed by atoms with E-state index in [2.05, 4.69) is 33.5 Å². The molecule has 2 fully saturated rings. The molecule has 0 aliphatic carbocycles. The zero-order valence-corrected chi connectivity index (χ0v) is 14.1. The van der Waals surface area contributed by atoms with Crippen LogP contribution in [0.5, 0.6) is 0 Å². The molecule has 3 heterocycles. The van der Waals surface area contributed by atoms with Crippen LogP contribution in [0.25, 0.3) is 0 Å². The van der Waals surface area contributed by atoms with Gasteiger partial charge < -0.3 is 10.4 Å². The fourth-order valence-electron chi connectivity index (χ4n) is 3.82. The van der Waals surface area contributed by atoms with Crippen LogP contribution < -0.4 is 5.32 Å². The summed E-state index contributed by atoms with van der Waals surface area (Å²) in [6, 6.07) is 2.18. The molecule has 0 amide bonds. The average Bonchev–Trinajstić information content (AvgIpc) is 2.90. The van der Waals surface area contributed by atoms with Crippen molar-refractivity contribution in [3.05, 3.63) is 21.9 Å². The van der Waals surface area contributed by atoms with Gasteiger partial charge in [-0.3, -0.25) is 4.90 Å². The molecule has 120 valence electrons. The fourth-order valence-corrected chi connectivity index (χ4v) is 4.67. The van der Waals surface area contributed by atoms with E-state index in [1.807, 2.05) is 0 Å². The van der Waals surface area contributed by atoms with Gasteiger partial charge in [0.1, 0.15) is 6.61 Å². The third kappa shape index (κ3) is 4.11. The molecule has 3 nitrogen and oxygen atoms in total. The molecule has 0 saturated carbocycles. The van der Waals surface area contributed by atoms with Crippen LogP contribution in [0.1, 0.15) is 42.5 Å². The van der Waals surface area contributed by atoms with E-state index >= 15 is 0 Å². The first-order valence-electron chi connectivity index (χ1n) is 8.40. The molecule has 1 spiro atoms. The van der Waals surface area contributed by atoms with Gasteiger partial charge in [-0.05, 0) is 69.8 Å². The molecule has 2 saturated heterocycles. The Labute approximate surface area is 137 Å². The van der Waals surface area contributed by atoms with Gasteiger partial charge in [-0.15, -0.1) is 11.3 Å². The molecule has 0 radical (unpaired) electrons. The lowest BCUT2D eigenvalue weighted by atomic mass is 9.73. The summed E-state index contributed by atoms with van der Waals surface area (Å²) in [6.45, 7) is 5.87. The van der Waals surface area contributed by atoms with Gasteiger partial charge in [-0.1, -0.05) is 11.8 Å². The first-order valence-corrected chi connectivity index (χ1v) is 9.28. The number of thiophene rings is 1. The molecular formula is C18H26N2OS. The molecule has 1 aromatic rings. The summed E-state index contributed by atoms with van der Waals surface area (Å²) >= 11 is 1.79. The first kappa shape index (κ1) is 16.0. The summed E-state index contributed by atoms with van der Waals surface area (Å²) in [5.74, 6) is 5.72. The van der Waals surface area contributed by atoms with Gasteiger partial charge in [-0.25, -0.2) is 0 Å². The molecule has 3 rings (SSSR count). The zero-order chi connectivity index (χ0) is 15.3. The Kier molecular flexibility index (Phi) is 5.54. The second-order valence-electron chi connectivity index (χ2n) is 6.64. The Morgan fingerprint density at radius 2 is 2.09 bits per heavy atom. The molecule has 0 atom stereocenters. The van der Waals surface area contributed by atoms with Crippen LogP contribution in [-0.2, 0) is 6.54 Å². The van der Waals surface area contributed by atoms with Gasteiger partial charge in [0.2, 0.25) is 0 Å². The number of hydrogen-bond acceptors (Lipinski definition) is 4. The molecule has 0 aromatic carbocycles. The van der Waals surface area contributed by atoms with Gasteiger partial charge in [-0.2, -0.15) is 0 Å². The topological polar surface area (TPSA) is 35.5 Å². The molecule has 2 N–H and O–H groups in total. The van der Waals surface area contributed by atoms with E-state index in [-0.39, 0.29) is 6.61 Å². The van der Waals surface area contributed by atoms with Crippen molar-refractivity contribution in [1.29, 1.82) is 0 Å². The molecular weight excluding hydrogens is 292 g/mol. The Morgan fingerprint density at radius 1 is 1.23 bits per heavy atom. The Morgan fingerprint density at radius 3 is 2.91 bits per heavy atom. The van der Waals surface area contributed by atoms with Gasteiger partial charge in [0, 0.05) is 22.4 Å². The second-order valence-corrected chi connectivity index (χ2v) is 7.64. The highest BCUT2D eigenvalue weighted by Gasteiger charge is 2.33. The summed E-state index contributed by atoms with van der Waals surface area (Å²) in [5.41, 5.74) is 1.66. The van der Waals surface area contributed by atoms with Gasteiger partial charge in [0.05, 0.1) is 0 Å². The second kappa shape index (κ2) is 7.61. The maximum atomic E-state index is 8.76. The van der Waals surface area contributed by atoms with Crippen LogP contribution in [0.4, 0.5) is 0 Å². The number of nitrogens with zero attached hydrogens (tertiary/aromatic N) is 1. The van der Waals surface area contributed by atoms with Crippen molar-refractivity contribution in [2.24, 2.45) is 5.41 Å². The highest BCUT2D eigenvalue weighted by molar-refractivity contribution is 7.10. The zero-order valence-electron chi connectivity index (χ0n) is 13.2. The van der Waals surface area contributed by atoms with Gasteiger partial charge in [0.15, 0.2) is 0 Å². The van der Waals surface area contributed by atoms with Crippen molar-refractivity contribution in [2.75, 3.05) is 32.8 Å². The summed E-state index contributed by atoms with van der Waals surface area (Å²) in [4.78, 5) is 4.01. The highest BCUT2D eigenvalue weighted by atomic mass is 32.1. The average molecular weight is 318 g/mol. The van der Waals surface area contributed by atoms with Crippen LogP contribution in [0.3, 0.4) is 0 Å². The minimum atomic E-state index is -0.0613. The molecule has 1 aromatic heterocycles. The monoisotopic (exact) mass is 318 g/mol. The predicted molar refractivity (Wildman–Crippen MR) is 91.9 cm³/mol. The Hall–Kier alpha value is -0.860. The molecule has 0 unspecified atom stereocenters. The van der Waals surface area contributed by atoms with E-state index in [4.69, 9.17) is 5.11 Å². The standard InChI is InChI=1S/C18H26N2OS/c21-12-1-3-16-13-17(22-15-16)14-20-10-2-4-18(7-11-20)5-8-19-9-6-18/h13,15,19,21H,2,4-12,14H2. The van der Waals surface area contributed by atoms with Crippen LogP contribution in [0, 0.1) is 17.3 Å². The number of aliphatic hydroxyl groups is 1. The summed E-state index contributed by atoms with van der Waals surface area (Å²) in [7, 11) is 0. The quantitative estimate of drug-likeness (QED) is 0.822. The molecule has 2 aliphatic rings. The predicted octanol–water partition coefficient (Wildman–Crippen LogP) is 2.45. The normalized spacial score (nSPS) is 22.0. The van der Waals surface area contributed by atoms with E-state index in [1.165, 1.54) is 63.2 Å². The minimum absolute atomic E-state index is 0.0613. The molecule has 0 bridgehead atoms. The van der Waals surface area contributed by atoms with Crippen LogP contribution in [-0.4, -0.2) is 42.8 Å². The van der Waals surface area contributed by atoms with Crippen LogP contribution in [0.2, 0.25) is 0 Å². The maximum absolute atomic E-state index is 8.76. The lowest BCUT2D eigenvalue weighted by Gasteiger charge is -2.37. The smallest absolute Gasteiger partial charge is 0.104 e. The van der Waals surface area contributed by atoms with Crippen LogP contribution in [0.15, 0.2) is 11.4 Å². The molecule has 22 heavy (non-hydrogen) atoms. The van der Waals surface area contributed by atoms with Crippen LogP contribution >= 0.6 is 11.3 Å². The fraction of sp³-hybridized carbons (Fsp3) is 0.667. The van der Waals surface area contributed by atoms with E-state index < -0.39 is 0 Å². The SMILES string of the molecule is OCC#Cc1csc(CN2CCCC3(CCNCC3)CC2)c1. The van der Waals surface area contributed by atoms with E-state index in [0.717, 1.165) is 12.1 Å². The van der Waals surface area contributed by atoms with Crippen molar-refractivity contribution in [2.45, 2.75) is 38.6 Å². The maximum Gasteiger partial charge on any atom is 0.104 e. The van der Waals surface area contributed by atoms with Crippen molar-refractivity contribution < 1.29 is 5.11 Å². The molecule has 2 aliphatic heterocycles. The lowest BCUT2D eigenvalue weighted by Crippen LogP contribution is -2.37. The van der Waals surface area contributed by atoms with E-state index in [0.29, 0.717) is 5.41 Å². The third-order valence-corrected chi connectivity index (χ3v) is 6.07. The minimum Gasteiger partial charge on any atom is -0.384 e. The number of hydrogen-bond donors (Lipinski definition) is 2. The van der Waals surface area contributed by atoms with Crippen molar-refractivity contribution in [1.82, 2.24) is 10.2 Å². The Balaban J connectivity index is 1.56. The molecule has 4 heteroatoms. The van der Waals surface area contributed by atoms with E-state index in [1.54, 1.807) is 11.3 Å². The van der Waals surface area contributed by atoms with Crippen molar-refractivity contribution >= 4 is 11.3 Å². The summed E-state index contributed by atoms with van der Waals surface area (Å²) in [6.07, 6.45) is 6.82. The Bertz CT molecular complexity index is 537. The van der Waals surface area contributed by atoms with Crippen molar-refractivity contribution in [3.8, 4) is 11.8 Å². The number of aliphatic hydroxyl groups excluding tert-OH is 1. The third-order valence-electron chi connectivity index (χ3n) is 5.15.